The SMILES string of the molecule is Cc1ccc(NC(=O)C(=O)NCC2(c3cccs3)CCOCC2)cc1N1CCCC1=O. The molecule has 7 nitrogen and oxygen atoms in total. The number of hydrogen-bond acceptors (Lipinski definition) is 5. The largest absolute Gasteiger partial charge is 0.381 e. The van der Waals surface area contributed by atoms with Crippen LogP contribution in [0.1, 0.15) is 36.1 Å². The molecule has 2 aliphatic rings. The Kier molecular flexibility index (Phi) is 6.38. The molecule has 4 rings (SSSR count). The Morgan fingerprint density at radius 2 is 2.00 bits per heavy atom. The second kappa shape index (κ2) is 9.20. The molecule has 0 unspecified atom stereocenters. The summed E-state index contributed by atoms with van der Waals surface area (Å²) >= 11 is 1.67. The number of carbonyl (C=O) groups excluding carboxylic acids is 3. The van der Waals surface area contributed by atoms with Crippen molar-refractivity contribution in [2.45, 2.75) is 38.0 Å². The Hall–Kier alpha value is -2.71. The predicted molar refractivity (Wildman–Crippen MR) is 120 cm³/mol. The molecule has 1 aromatic heterocycles. The first kappa shape index (κ1) is 21.5. The summed E-state index contributed by atoms with van der Waals surface area (Å²) in [6, 6.07) is 9.44. The Balaban J connectivity index is 1.41. The van der Waals surface area contributed by atoms with Crippen molar-refractivity contribution in [3.63, 3.8) is 0 Å². The maximum absolute atomic E-state index is 12.5. The molecule has 0 atom stereocenters. The normalized spacial score (nSPS) is 18.1. The topological polar surface area (TPSA) is 87.7 Å². The highest BCUT2D eigenvalue weighted by Gasteiger charge is 2.36. The molecule has 3 amide bonds. The number of rotatable bonds is 5. The highest BCUT2D eigenvalue weighted by atomic mass is 32.1. The predicted octanol–water partition coefficient (Wildman–Crippen LogP) is 2.99. The summed E-state index contributed by atoms with van der Waals surface area (Å²) < 4.78 is 5.51. The minimum atomic E-state index is -0.712. The van der Waals surface area contributed by atoms with Gasteiger partial charge in [0, 0.05) is 54.4 Å². The van der Waals surface area contributed by atoms with Crippen LogP contribution in [0.15, 0.2) is 35.7 Å². The van der Waals surface area contributed by atoms with Gasteiger partial charge < -0.3 is 20.3 Å². The average molecular weight is 442 g/mol. The fourth-order valence-corrected chi connectivity index (χ4v) is 5.24. The highest BCUT2D eigenvalue weighted by Crippen LogP contribution is 2.37. The van der Waals surface area contributed by atoms with E-state index < -0.39 is 11.8 Å². The molecule has 0 bridgehead atoms. The van der Waals surface area contributed by atoms with Crippen molar-refractivity contribution < 1.29 is 19.1 Å². The molecule has 1 aromatic carbocycles. The number of anilines is 2. The first-order valence-electron chi connectivity index (χ1n) is 10.6. The number of hydrogen-bond donors (Lipinski definition) is 2. The third-order valence-corrected chi connectivity index (χ3v) is 7.23. The molecule has 0 radical (unpaired) electrons. The summed E-state index contributed by atoms with van der Waals surface area (Å²) in [6.07, 6.45) is 2.98. The molecule has 2 saturated heterocycles. The van der Waals surface area contributed by atoms with Gasteiger partial charge in [0.25, 0.3) is 0 Å². The lowest BCUT2D eigenvalue weighted by atomic mass is 9.78. The molecule has 31 heavy (non-hydrogen) atoms. The number of thiophene rings is 1. The van der Waals surface area contributed by atoms with Crippen LogP contribution < -0.4 is 15.5 Å². The Labute approximate surface area is 185 Å². The quantitative estimate of drug-likeness (QED) is 0.699. The van der Waals surface area contributed by atoms with E-state index in [0.717, 1.165) is 30.5 Å². The van der Waals surface area contributed by atoms with Crippen LogP contribution in [-0.2, 0) is 24.5 Å². The summed E-state index contributed by atoms with van der Waals surface area (Å²) in [5.41, 5.74) is 2.03. The average Bonchev–Trinajstić information content (AvgIpc) is 3.46. The zero-order valence-electron chi connectivity index (χ0n) is 17.6. The lowest BCUT2D eigenvalue weighted by Crippen LogP contribution is -2.46. The first-order chi connectivity index (χ1) is 15.0. The van der Waals surface area contributed by atoms with Gasteiger partial charge in [-0.25, -0.2) is 0 Å². The molecular formula is C23H27N3O4S. The monoisotopic (exact) mass is 441 g/mol. The number of ether oxygens (including phenoxy) is 1. The van der Waals surface area contributed by atoms with Crippen molar-refractivity contribution in [2.75, 3.05) is 36.5 Å². The number of carbonyl (C=O) groups is 3. The van der Waals surface area contributed by atoms with E-state index in [1.54, 1.807) is 28.4 Å². The maximum Gasteiger partial charge on any atom is 0.313 e. The summed E-state index contributed by atoms with van der Waals surface area (Å²) in [4.78, 5) is 40.1. The number of amides is 3. The minimum absolute atomic E-state index is 0.0830. The second-order valence-corrected chi connectivity index (χ2v) is 9.10. The summed E-state index contributed by atoms with van der Waals surface area (Å²) in [5, 5.41) is 7.53. The van der Waals surface area contributed by atoms with Crippen molar-refractivity contribution in [1.29, 1.82) is 0 Å². The van der Waals surface area contributed by atoms with Gasteiger partial charge in [0.15, 0.2) is 0 Å². The van der Waals surface area contributed by atoms with Crippen molar-refractivity contribution in [2.24, 2.45) is 0 Å². The van der Waals surface area contributed by atoms with E-state index in [-0.39, 0.29) is 11.3 Å². The van der Waals surface area contributed by atoms with E-state index in [0.29, 0.717) is 38.4 Å². The molecule has 8 heteroatoms. The number of aryl methyl sites for hydroxylation is 1. The number of nitrogens with zero attached hydrogens (tertiary/aromatic N) is 1. The Morgan fingerprint density at radius 1 is 1.19 bits per heavy atom. The third-order valence-electron chi connectivity index (χ3n) is 6.12. The molecule has 2 fully saturated rings. The van der Waals surface area contributed by atoms with Gasteiger partial charge >= 0.3 is 11.8 Å². The van der Waals surface area contributed by atoms with E-state index in [2.05, 4.69) is 16.7 Å². The van der Waals surface area contributed by atoms with Crippen LogP contribution in [-0.4, -0.2) is 44.0 Å². The van der Waals surface area contributed by atoms with Crippen molar-refractivity contribution in [3.05, 3.63) is 46.2 Å². The van der Waals surface area contributed by atoms with Crippen molar-refractivity contribution in [3.8, 4) is 0 Å². The molecule has 0 aliphatic carbocycles. The lowest BCUT2D eigenvalue weighted by Gasteiger charge is -2.36. The molecule has 3 heterocycles. The second-order valence-electron chi connectivity index (χ2n) is 8.16. The van der Waals surface area contributed by atoms with Gasteiger partial charge in [-0.05, 0) is 55.3 Å². The fraction of sp³-hybridized carbons (Fsp3) is 0.435. The van der Waals surface area contributed by atoms with Gasteiger partial charge in [-0.3, -0.25) is 14.4 Å². The van der Waals surface area contributed by atoms with Gasteiger partial charge in [-0.15, -0.1) is 11.3 Å². The van der Waals surface area contributed by atoms with E-state index in [1.165, 1.54) is 4.88 Å². The minimum Gasteiger partial charge on any atom is -0.381 e. The highest BCUT2D eigenvalue weighted by molar-refractivity contribution is 7.10. The van der Waals surface area contributed by atoms with Gasteiger partial charge in [0.05, 0.1) is 0 Å². The van der Waals surface area contributed by atoms with Crippen LogP contribution in [0.4, 0.5) is 11.4 Å². The van der Waals surface area contributed by atoms with Crippen LogP contribution in [0.25, 0.3) is 0 Å². The van der Waals surface area contributed by atoms with Gasteiger partial charge in [0.2, 0.25) is 5.91 Å². The lowest BCUT2D eigenvalue weighted by molar-refractivity contribution is -0.136. The van der Waals surface area contributed by atoms with E-state index in [4.69, 9.17) is 4.74 Å². The summed E-state index contributed by atoms with van der Waals surface area (Å²) in [5.74, 6) is -1.29. The first-order valence-corrected chi connectivity index (χ1v) is 11.5. The standard InChI is InChI=1S/C23H27N3O4S/c1-16-6-7-17(14-18(16)26-10-2-5-20(26)27)25-22(29)21(28)24-15-23(8-11-30-12-9-23)19-4-3-13-31-19/h3-4,6-7,13-14H,2,5,8-12,15H2,1H3,(H,24,28)(H,25,29). The van der Waals surface area contributed by atoms with Gasteiger partial charge in [0.1, 0.15) is 0 Å². The fourth-order valence-electron chi connectivity index (χ4n) is 4.25. The third kappa shape index (κ3) is 4.65. The molecular weight excluding hydrogens is 414 g/mol. The van der Waals surface area contributed by atoms with Gasteiger partial charge in [-0.1, -0.05) is 12.1 Å². The zero-order valence-corrected chi connectivity index (χ0v) is 18.4. The van der Waals surface area contributed by atoms with Crippen molar-refractivity contribution in [1.82, 2.24) is 5.32 Å². The molecule has 0 spiro atoms. The van der Waals surface area contributed by atoms with Crippen LogP contribution >= 0.6 is 11.3 Å². The number of benzene rings is 1. The Bertz CT molecular complexity index is 967. The van der Waals surface area contributed by atoms with Crippen LogP contribution in [0.3, 0.4) is 0 Å². The van der Waals surface area contributed by atoms with Crippen LogP contribution in [0.5, 0.6) is 0 Å². The van der Waals surface area contributed by atoms with E-state index >= 15 is 0 Å². The molecule has 2 N–H and O–H groups in total. The van der Waals surface area contributed by atoms with Crippen LogP contribution in [0, 0.1) is 6.92 Å². The molecule has 0 saturated carbocycles. The van der Waals surface area contributed by atoms with E-state index in [1.807, 2.05) is 24.4 Å². The maximum atomic E-state index is 12.5. The summed E-state index contributed by atoms with van der Waals surface area (Å²) in [6.45, 7) is 4.27. The van der Waals surface area contributed by atoms with Crippen LogP contribution in [0.2, 0.25) is 0 Å². The Morgan fingerprint density at radius 3 is 2.68 bits per heavy atom. The van der Waals surface area contributed by atoms with Crippen molar-refractivity contribution >= 4 is 40.4 Å². The zero-order chi connectivity index (χ0) is 21.8. The smallest absolute Gasteiger partial charge is 0.313 e. The van der Waals surface area contributed by atoms with Gasteiger partial charge in [-0.2, -0.15) is 0 Å². The molecule has 2 aliphatic heterocycles. The molecule has 2 aromatic rings. The number of nitrogens with one attached hydrogen (secondary N) is 2. The van der Waals surface area contributed by atoms with E-state index in [9.17, 15) is 14.4 Å². The summed E-state index contributed by atoms with van der Waals surface area (Å²) in [7, 11) is 0. The molecule has 164 valence electrons.